The monoisotopic (exact) mass is 491 g/mol. The van der Waals surface area contributed by atoms with Crippen molar-refractivity contribution in [2.75, 3.05) is 0 Å². The molecule has 14 heteroatoms. The third-order valence-electron chi connectivity index (χ3n) is 4.91. The van der Waals surface area contributed by atoms with Crippen LogP contribution in [-0.4, -0.2) is 28.4 Å². The molecule has 0 amide bonds. The summed E-state index contributed by atoms with van der Waals surface area (Å²) in [5.41, 5.74) is -6.46. The highest BCUT2D eigenvalue weighted by atomic mass is 32.2. The van der Waals surface area contributed by atoms with Gasteiger partial charge >= 0.3 is 15.5 Å². The lowest BCUT2D eigenvalue weighted by molar-refractivity contribution is -0.0455. The minimum atomic E-state index is -5.85. The summed E-state index contributed by atoms with van der Waals surface area (Å²) in [5, 5.41) is 0. The van der Waals surface area contributed by atoms with Gasteiger partial charge in [0.25, 0.3) is 0 Å². The van der Waals surface area contributed by atoms with Gasteiger partial charge in [0.15, 0.2) is 21.5 Å². The van der Waals surface area contributed by atoms with Crippen molar-refractivity contribution in [3.63, 3.8) is 0 Å². The maximum Gasteiger partial charge on any atom is 0.511 e. The van der Waals surface area contributed by atoms with Crippen LogP contribution in [0.2, 0.25) is 0 Å². The van der Waals surface area contributed by atoms with Crippen LogP contribution in [0.5, 0.6) is 0 Å². The zero-order chi connectivity index (χ0) is 23.4. The third-order valence-corrected chi connectivity index (χ3v) is 8.62. The fourth-order valence-electron chi connectivity index (χ4n) is 3.41. The molecule has 31 heavy (non-hydrogen) atoms. The number of hydrogen-bond acceptors (Lipinski definition) is 4. The molecule has 0 aliphatic heterocycles. The van der Waals surface area contributed by atoms with Crippen LogP contribution in [0.3, 0.4) is 0 Å². The first-order chi connectivity index (χ1) is 14.1. The van der Waals surface area contributed by atoms with Gasteiger partial charge in [0.05, 0.1) is 4.90 Å². The van der Waals surface area contributed by atoms with Gasteiger partial charge in [-0.15, -0.1) is 0 Å². The van der Waals surface area contributed by atoms with Crippen LogP contribution in [0, 0.1) is 23.3 Å². The number of rotatable bonds is 5. The number of benzene rings is 2. The maximum absolute atomic E-state index is 14.4. The lowest BCUT2D eigenvalue weighted by Gasteiger charge is -2.47. The fourth-order valence-corrected chi connectivity index (χ4v) is 6.39. The van der Waals surface area contributed by atoms with Crippen LogP contribution in [0.4, 0.5) is 30.7 Å². The quantitative estimate of drug-likeness (QED) is 0.513. The van der Waals surface area contributed by atoms with E-state index in [1.807, 2.05) is 0 Å². The van der Waals surface area contributed by atoms with Crippen LogP contribution in [0.15, 0.2) is 41.3 Å². The molecule has 0 atom stereocenters. The lowest BCUT2D eigenvalue weighted by Crippen LogP contribution is -2.58. The Morgan fingerprint density at radius 1 is 0.839 bits per heavy atom. The standard InChI is InChI=1S/C17H12F7NO4S2/c18-9-1-3-13(19)12(5-9)16(7-10(8-16)25-31(28,29)17(22,23)24)30(26,27)11-2-4-14(20)15(21)6-11/h1-6,10,25H,7-8H2. The Morgan fingerprint density at radius 2 is 1.42 bits per heavy atom. The maximum atomic E-state index is 14.4. The number of hydrogen-bond donors (Lipinski definition) is 1. The molecule has 5 nitrogen and oxygen atoms in total. The van der Waals surface area contributed by atoms with Crippen LogP contribution in [0.1, 0.15) is 18.4 Å². The molecule has 1 aliphatic rings. The minimum Gasteiger partial charge on any atom is -0.223 e. The molecule has 1 aliphatic carbocycles. The van der Waals surface area contributed by atoms with Crippen LogP contribution in [0.25, 0.3) is 0 Å². The van der Waals surface area contributed by atoms with E-state index in [1.54, 1.807) is 0 Å². The largest absolute Gasteiger partial charge is 0.511 e. The van der Waals surface area contributed by atoms with Gasteiger partial charge in [-0.3, -0.25) is 0 Å². The fraction of sp³-hybridized carbons (Fsp3) is 0.294. The van der Waals surface area contributed by atoms with E-state index in [2.05, 4.69) is 0 Å². The molecule has 0 aromatic heterocycles. The first-order valence-corrected chi connectivity index (χ1v) is 11.3. The van der Waals surface area contributed by atoms with Crippen molar-refractivity contribution < 1.29 is 47.6 Å². The van der Waals surface area contributed by atoms with Crippen molar-refractivity contribution in [1.82, 2.24) is 4.72 Å². The summed E-state index contributed by atoms with van der Waals surface area (Å²) in [6.45, 7) is 0. The molecule has 2 aromatic rings. The second-order valence-corrected chi connectivity index (χ2v) is 10.8. The van der Waals surface area contributed by atoms with Crippen molar-refractivity contribution in [3.05, 3.63) is 65.2 Å². The van der Waals surface area contributed by atoms with Gasteiger partial charge in [0.2, 0.25) is 0 Å². The van der Waals surface area contributed by atoms with Crippen LogP contribution >= 0.6 is 0 Å². The summed E-state index contributed by atoms with van der Waals surface area (Å²) in [4.78, 5) is -0.841. The molecule has 0 saturated heterocycles. The highest BCUT2D eigenvalue weighted by molar-refractivity contribution is 7.92. The minimum absolute atomic E-state index is 0.289. The van der Waals surface area contributed by atoms with Gasteiger partial charge in [-0.25, -0.2) is 39.1 Å². The van der Waals surface area contributed by atoms with E-state index in [-0.39, 0.29) is 6.07 Å². The smallest absolute Gasteiger partial charge is 0.223 e. The van der Waals surface area contributed by atoms with Gasteiger partial charge in [-0.1, -0.05) is 0 Å². The highest BCUT2D eigenvalue weighted by Gasteiger charge is 2.59. The number of nitrogens with one attached hydrogen (secondary N) is 1. The molecule has 3 rings (SSSR count). The predicted octanol–water partition coefficient (Wildman–Crippen LogP) is 3.51. The molecule has 0 bridgehead atoms. The Morgan fingerprint density at radius 3 is 1.97 bits per heavy atom. The zero-order valence-corrected chi connectivity index (χ0v) is 16.7. The molecule has 1 fully saturated rings. The molecule has 0 radical (unpaired) electrons. The van der Waals surface area contributed by atoms with E-state index in [9.17, 15) is 47.6 Å². The molecule has 1 N–H and O–H groups in total. The van der Waals surface area contributed by atoms with E-state index in [1.165, 1.54) is 4.72 Å². The number of sulfone groups is 1. The van der Waals surface area contributed by atoms with E-state index in [4.69, 9.17) is 0 Å². The van der Waals surface area contributed by atoms with Gasteiger partial charge in [0, 0.05) is 11.6 Å². The summed E-state index contributed by atoms with van der Waals surface area (Å²) < 4.78 is 141. The van der Waals surface area contributed by atoms with Gasteiger partial charge in [0.1, 0.15) is 16.4 Å². The predicted molar refractivity (Wildman–Crippen MR) is 92.7 cm³/mol. The average molecular weight is 491 g/mol. The third kappa shape index (κ3) is 3.91. The first kappa shape index (κ1) is 23.5. The van der Waals surface area contributed by atoms with E-state index >= 15 is 0 Å². The molecule has 2 aromatic carbocycles. The van der Waals surface area contributed by atoms with Crippen LogP contribution in [-0.2, 0) is 24.6 Å². The summed E-state index contributed by atoms with van der Waals surface area (Å²) in [7, 11) is -10.7. The van der Waals surface area contributed by atoms with E-state index in [0.717, 1.165) is 0 Å². The Labute approximate surface area is 171 Å². The molecular formula is C17H12F7NO4S2. The Kier molecular flexibility index (Phi) is 5.64. The summed E-state index contributed by atoms with van der Waals surface area (Å²) in [6, 6.07) is 1.56. The average Bonchev–Trinajstić information content (AvgIpc) is 2.61. The van der Waals surface area contributed by atoms with Gasteiger partial charge < -0.3 is 0 Å². The van der Waals surface area contributed by atoms with Crippen molar-refractivity contribution in [2.45, 2.75) is 34.0 Å². The molecular weight excluding hydrogens is 479 g/mol. The summed E-state index contributed by atoms with van der Waals surface area (Å²) >= 11 is 0. The number of sulfonamides is 1. The normalized spacial score (nSPS) is 22.2. The SMILES string of the molecule is O=S(=O)(NC1CC(c2cc(F)ccc2F)(S(=O)(=O)c2ccc(F)c(F)c2)C1)C(F)(F)F. The van der Waals surface area contributed by atoms with E-state index < -0.39 is 82.7 Å². The Balaban J connectivity index is 2.10. The molecule has 0 spiro atoms. The number of halogens is 7. The summed E-state index contributed by atoms with van der Waals surface area (Å²) in [6.07, 6.45) is -1.83. The van der Waals surface area contributed by atoms with Crippen LogP contribution < -0.4 is 4.72 Å². The van der Waals surface area contributed by atoms with Gasteiger partial charge in [-0.2, -0.15) is 13.2 Å². The van der Waals surface area contributed by atoms with Crippen molar-refractivity contribution in [2.24, 2.45) is 0 Å². The first-order valence-electron chi connectivity index (χ1n) is 8.34. The van der Waals surface area contributed by atoms with E-state index in [0.29, 0.717) is 30.3 Å². The highest BCUT2D eigenvalue weighted by Crippen LogP contribution is 2.52. The Bertz CT molecular complexity index is 1240. The number of alkyl halides is 3. The molecule has 0 unspecified atom stereocenters. The van der Waals surface area contributed by atoms with Crippen molar-refractivity contribution >= 4 is 19.9 Å². The second-order valence-electron chi connectivity index (χ2n) is 6.87. The van der Waals surface area contributed by atoms with Crippen molar-refractivity contribution in [3.8, 4) is 0 Å². The van der Waals surface area contributed by atoms with Gasteiger partial charge in [-0.05, 0) is 49.2 Å². The second kappa shape index (κ2) is 7.45. The lowest BCUT2D eigenvalue weighted by atomic mass is 9.75. The molecule has 1 saturated carbocycles. The summed E-state index contributed by atoms with van der Waals surface area (Å²) in [5.74, 6) is -5.26. The van der Waals surface area contributed by atoms with Crippen molar-refractivity contribution in [1.29, 1.82) is 0 Å². The zero-order valence-electron chi connectivity index (χ0n) is 15.1. The topological polar surface area (TPSA) is 80.3 Å². The molecule has 170 valence electrons. The Hall–Kier alpha value is -2.19. The molecule has 0 heterocycles.